The first-order valence-electron chi connectivity index (χ1n) is 12.6. The Hall–Kier alpha value is -4.77. The Morgan fingerprint density at radius 1 is 1.00 bits per heavy atom. The van der Waals surface area contributed by atoms with Gasteiger partial charge in [-0.05, 0) is 37.3 Å². The molecule has 13 heteroatoms. The molecule has 2 aromatic carbocycles. The molecule has 1 fully saturated rings. The average molecular weight is 588 g/mol. The smallest absolute Gasteiger partial charge is 0.433 e. The molecule has 1 aliphatic rings. The predicted octanol–water partition coefficient (Wildman–Crippen LogP) is 5.73. The van der Waals surface area contributed by atoms with E-state index in [4.69, 9.17) is 4.74 Å². The number of hydrogen-bond acceptors (Lipinski definition) is 5. The molecular weight excluding hydrogens is 564 g/mol. The van der Waals surface area contributed by atoms with Crippen molar-refractivity contribution in [1.82, 2.24) is 24.4 Å². The van der Waals surface area contributed by atoms with E-state index in [1.165, 1.54) is 18.9 Å². The van der Waals surface area contributed by atoms with Gasteiger partial charge in [-0.1, -0.05) is 6.58 Å². The van der Waals surface area contributed by atoms with Gasteiger partial charge < -0.3 is 14.5 Å². The van der Waals surface area contributed by atoms with E-state index in [-0.39, 0.29) is 59.9 Å². The van der Waals surface area contributed by atoms with Crippen LogP contribution in [-0.4, -0.2) is 63.6 Å². The molecule has 5 rings (SSSR count). The number of aromatic nitrogens is 3. The molecule has 42 heavy (non-hydrogen) atoms. The summed E-state index contributed by atoms with van der Waals surface area (Å²) in [5.41, 5.74) is 0.948. The van der Waals surface area contributed by atoms with Gasteiger partial charge in [-0.3, -0.25) is 4.79 Å². The SMILES string of the molecule is C=C=C(c1cc(F)cc(F)c1F)N1CCN(C(=O)c2cnn3c(C(F)(F)F)c(C)c(-c4ccc(OC)cc4)nc23)CC1. The highest BCUT2D eigenvalue weighted by molar-refractivity contribution is 6.00. The first-order chi connectivity index (χ1) is 19.9. The number of nitrogens with zero attached hydrogens (tertiary/aromatic N) is 5. The lowest BCUT2D eigenvalue weighted by Gasteiger charge is -2.36. The third kappa shape index (κ3) is 5.07. The number of ether oxygens (including phenoxy) is 1. The standard InChI is InChI=1S/C29H23F6N5O2/c1-4-23(20-13-18(30)14-22(31)24(20)32)38-9-11-39(12-10-38)28(41)21-15-36-40-26(29(33,34)35)16(2)25(37-27(21)40)17-5-7-19(42-3)8-6-17/h5-8,13-15H,1,9-12H2,2-3H3. The number of methoxy groups -OCH3 is 1. The van der Waals surface area contributed by atoms with Crippen molar-refractivity contribution in [2.45, 2.75) is 13.1 Å². The molecule has 218 valence electrons. The Bertz CT molecular complexity index is 1730. The summed E-state index contributed by atoms with van der Waals surface area (Å²) in [5, 5.41) is 3.87. The second-order valence-electron chi connectivity index (χ2n) is 9.51. The van der Waals surface area contributed by atoms with Crippen LogP contribution in [0.4, 0.5) is 26.3 Å². The fraction of sp³-hybridized carbons (Fsp3) is 0.241. The molecule has 0 aliphatic carbocycles. The van der Waals surface area contributed by atoms with Crippen molar-refractivity contribution >= 4 is 17.3 Å². The lowest BCUT2D eigenvalue weighted by atomic mass is 10.0. The van der Waals surface area contributed by atoms with E-state index in [1.807, 2.05) is 0 Å². The summed E-state index contributed by atoms with van der Waals surface area (Å²) in [6.45, 7) is 5.13. The van der Waals surface area contributed by atoms with Crippen molar-refractivity contribution in [3.8, 4) is 17.0 Å². The van der Waals surface area contributed by atoms with Crippen molar-refractivity contribution in [2.24, 2.45) is 0 Å². The number of hydrogen-bond donors (Lipinski definition) is 0. The quantitative estimate of drug-likeness (QED) is 0.170. The number of benzene rings is 2. The fourth-order valence-corrected chi connectivity index (χ4v) is 5.00. The topological polar surface area (TPSA) is 63.0 Å². The van der Waals surface area contributed by atoms with Crippen LogP contribution >= 0.6 is 0 Å². The summed E-state index contributed by atoms with van der Waals surface area (Å²) >= 11 is 0. The zero-order chi connectivity index (χ0) is 30.3. The number of carbonyl (C=O) groups is 1. The summed E-state index contributed by atoms with van der Waals surface area (Å²) in [6.07, 6.45) is -3.76. The van der Waals surface area contributed by atoms with E-state index in [0.717, 1.165) is 12.3 Å². The minimum atomic E-state index is -4.80. The van der Waals surface area contributed by atoms with E-state index < -0.39 is 35.2 Å². The Morgan fingerprint density at radius 3 is 2.24 bits per heavy atom. The molecule has 2 aromatic heterocycles. The van der Waals surface area contributed by atoms with Crippen LogP contribution in [-0.2, 0) is 6.18 Å². The first-order valence-corrected chi connectivity index (χ1v) is 12.6. The highest BCUT2D eigenvalue weighted by atomic mass is 19.4. The molecule has 1 saturated heterocycles. The average Bonchev–Trinajstić information content (AvgIpc) is 3.38. The van der Waals surface area contributed by atoms with Crippen LogP contribution in [0.15, 0.2) is 54.9 Å². The van der Waals surface area contributed by atoms with Crippen LogP contribution in [0.1, 0.15) is 27.2 Å². The first kappa shape index (κ1) is 28.7. The molecule has 7 nitrogen and oxygen atoms in total. The van der Waals surface area contributed by atoms with Gasteiger partial charge in [0.05, 0.1) is 24.7 Å². The number of alkyl halides is 3. The molecule has 0 saturated carbocycles. The third-order valence-electron chi connectivity index (χ3n) is 7.04. The normalized spacial score (nSPS) is 13.8. The van der Waals surface area contributed by atoms with Gasteiger partial charge in [0.25, 0.3) is 5.91 Å². The van der Waals surface area contributed by atoms with Gasteiger partial charge in [-0.2, -0.15) is 18.3 Å². The molecule has 0 unspecified atom stereocenters. The van der Waals surface area contributed by atoms with Crippen LogP contribution in [0.3, 0.4) is 0 Å². The van der Waals surface area contributed by atoms with Crippen molar-refractivity contribution in [2.75, 3.05) is 33.3 Å². The van der Waals surface area contributed by atoms with Gasteiger partial charge in [0.2, 0.25) is 0 Å². The maximum Gasteiger partial charge on any atom is 0.433 e. The molecular formula is C29H23F6N5O2. The third-order valence-corrected chi connectivity index (χ3v) is 7.04. The monoisotopic (exact) mass is 587 g/mol. The van der Waals surface area contributed by atoms with Crippen LogP contribution in [0, 0.1) is 24.4 Å². The molecule has 0 radical (unpaired) electrons. The molecule has 1 amide bonds. The van der Waals surface area contributed by atoms with Crippen LogP contribution < -0.4 is 4.74 Å². The zero-order valence-corrected chi connectivity index (χ0v) is 22.4. The minimum Gasteiger partial charge on any atom is -0.497 e. The maximum absolute atomic E-state index is 14.4. The van der Waals surface area contributed by atoms with E-state index in [2.05, 4.69) is 22.4 Å². The van der Waals surface area contributed by atoms with E-state index in [1.54, 1.807) is 29.2 Å². The zero-order valence-electron chi connectivity index (χ0n) is 22.4. The summed E-state index contributed by atoms with van der Waals surface area (Å²) in [7, 11) is 1.46. The number of piperazine rings is 1. The molecule has 0 N–H and O–H groups in total. The van der Waals surface area contributed by atoms with Gasteiger partial charge in [0.15, 0.2) is 23.0 Å². The largest absolute Gasteiger partial charge is 0.497 e. The fourth-order valence-electron chi connectivity index (χ4n) is 5.00. The van der Waals surface area contributed by atoms with E-state index in [0.29, 0.717) is 21.9 Å². The van der Waals surface area contributed by atoms with Crippen molar-refractivity contribution < 1.29 is 35.9 Å². The summed E-state index contributed by atoms with van der Waals surface area (Å²) in [6, 6.07) is 7.57. The highest BCUT2D eigenvalue weighted by Gasteiger charge is 2.39. The number of fused-ring (bicyclic) bond motifs is 1. The molecule has 1 aliphatic heterocycles. The Kier molecular flexibility index (Phi) is 7.46. The lowest BCUT2D eigenvalue weighted by Crippen LogP contribution is -2.48. The van der Waals surface area contributed by atoms with Crippen LogP contribution in [0.5, 0.6) is 5.75 Å². The molecule has 4 aromatic rings. The van der Waals surface area contributed by atoms with Gasteiger partial charge in [-0.15, -0.1) is 5.73 Å². The molecule has 0 bridgehead atoms. The Labute approximate surface area is 235 Å². The van der Waals surface area contributed by atoms with E-state index >= 15 is 0 Å². The minimum absolute atomic E-state index is 0.0186. The summed E-state index contributed by atoms with van der Waals surface area (Å²) in [5.74, 6) is -3.71. The highest BCUT2D eigenvalue weighted by Crippen LogP contribution is 2.37. The van der Waals surface area contributed by atoms with Gasteiger partial charge >= 0.3 is 6.18 Å². The summed E-state index contributed by atoms with van der Waals surface area (Å²) in [4.78, 5) is 20.9. The van der Waals surface area contributed by atoms with E-state index in [9.17, 15) is 31.1 Å². The Balaban J connectivity index is 1.47. The number of rotatable bonds is 5. The molecule has 0 spiro atoms. The van der Waals surface area contributed by atoms with Crippen molar-refractivity contribution in [3.63, 3.8) is 0 Å². The van der Waals surface area contributed by atoms with Crippen LogP contribution in [0.25, 0.3) is 22.6 Å². The van der Waals surface area contributed by atoms with Gasteiger partial charge in [0.1, 0.15) is 17.1 Å². The Morgan fingerprint density at radius 2 is 1.64 bits per heavy atom. The van der Waals surface area contributed by atoms with Crippen LogP contribution in [0.2, 0.25) is 0 Å². The lowest BCUT2D eigenvalue weighted by molar-refractivity contribution is -0.143. The number of amides is 1. The predicted molar refractivity (Wildman–Crippen MR) is 141 cm³/mol. The second kappa shape index (κ2) is 10.9. The van der Waals surface area contributed by atoms with Gasteiger partial charge in [0, 0.05) is 48.9 Å². The molecule has 3 heterocycles. The number of halogens is 6. The maximum atomic E-state index is 14.4. The van der Waals surface area contributed by atoms with Crippen molar-refractivity contribution in [3.05, 3.63) is 94.7 Å². The second-order valence-corrected chi connectivity index (χ2v) is 9.51. The van der Waals surface area contributed by atoms with Gasteiger partial charge in [-0.25, -0.2) is 22.7 Å². The van der Waals surface area contributed by atoms with Crippen molar-refractivity contribution in [1.29, 1.82) is 0 Å². The summed E-state index contributed by atoms with van der Waals surface area (Å²) < 4.78 is 90.5. The molecule has 0 atom stereocenters. The number of carbonyl (C=O) groups excluding carboxylic acids is 1.